The van der Waals surface area contributed by atoms with Crippen LogP contribution in [-0.4, -0.2) is 12.8 Å². The number of fused-ring (bicyclic) bond motifs is 4. The minimum Gasteiger partial charge on any atom is -0.335 e. The summed E-state index contributed by atoms with van der Waals surface area (Å²) >= 11 is 0. The van der Waals surface area contributed by atoms with Gasteiger partial charge in [0.1, 0.15) is 0 Å². The average Bonchev–Trinajstić information content (AvgIpc) is 3.23. The number of rotatable bonds is 6. The number of allylic oxidation sites excluding steroid dienone is 6. The molecule has 0 radical (unpaired) electrons. The molecule has 3 heteroatoms. The number of hydrogen-bond donors (Lipinski definition) is 0. The van der Waals surface area contributed by atoms with E-state index in [0.29, 0.717) is 5.92 Å². The fourth-order valence-electron chi connectivity index (χ4n) is 10.3. The minimum absolute atomic E-state index is 0.0319. The molecule has 5 aromatic rings. The van der Waals surface area contributed by atoms with Crippen LogP contribution in [0.5, 0.6) is 0 Å². The molecule has 0 spiro atoms. The van der Waals surface area contributed by atoms with E-state index in [4.69, 9.17) is 0 Å². The second-order valence-corrected chi connectivity index (χ2v) is 20.7. The van der Waals surface area contributed by atoms with E-state index >= 15 is 0 Å². The Morgan fingerprint density at radius 2 is 1.24 bits per heavy atom. The lowest BCUT2D eigenvalue weighted by Crippen LogP contribution is -2.62. The van der Waals surface area contributed by atoms with E-state index in [9.17, 15) is 0 Å². The van der Waals surface area contributed by atoms with Gasteiger partial charge in [0.2, 0.25) is 6.71 Å². The van der Waals surface area contributed by atoms with Gasteiger partial charge in [-0.2, -0.15) is 0 Å². The first-order chi connectivity index (χ1) is 28.0. The van der Waals surface area contributed by atoms with Gasteiger partial charge in [0.05, 0.1) is 6.04 Å². The van der Waals surface area contributed by atoms with Crippen molar-refractivity contribution in [3.63, 3.8) is 0 Å². The molecule has 0 N–H and O–H groups in total. The van der Waals surface area contributed by atoms with Crippen molar-refractivity contribution in [2.45, 2.75) is 104 Å². The zero-order chi connectivity index (χ0) is 41.5. The van der Waals surface area contributed by atoms with E-state index in [0.717, 1.165) is 6.42 Å². The van der Waals surface area contributed by atoms with Crippen LogP contribution in [0.15, 0.2) is 163 Å². The van der Waals surface area contributed by atoms with Crippen LogP contribution in [0.3, 0.4) is 0 Å². The van der Waals surface area contributed by atoms with Crippen LogP contribution in [0.1, 0.15) is 97.9 Å². The Kier molecular flexibility index (Phi) is 9.42. The fraction of sp³-hybridized carbons (Fsp3) is 0.321. The minimum atomic E-state index is -0.121. The van der Waals surface area contributed by atoms with Crippen molar-refractivity contribution < 1.29 is 0 Å². The molecule has 9 rings (SSSR count). The molecule has 298 valence electrons. The second-order valence-electron chi connectivity index (χ2n) is 20.7. The average molecular weight is 773 g/mol. The highest BCUT2D eigenvalue weighted by Crippen LogP contribution is 2.50. The molecule has 0 fully saturated rings. The molecule has 2 nitrogen and oxygen atoms in total. The van der Waals surface area contributed by atoms with Gasteiger partial charge in [-0.05, 0) is 116 Å². The van der Waals surface area contributed by atoms with Crippen molar-refractivity contribution >= 4 is 46.1 Å². The fourth-order valence-corrected chi connectivity index (χ4v) is 10.3. The molecular weight excluding hydrogens is 711 g/mol. The van der Waals surface area contributed by atoms with E-state index in [1.54, 1.807) is 0 Å². The predicted molar refractivity (Wildman–Crippen MR) is 256 cm³/mol. The Hall–Kier alpha value is -5.28. The highest BCUT2D eigenvalue weighted by atomic mass is 15.2. The highest BCUT2D eigenvalue weighted by molar-refractivity contribution is 6.91. The summed E-state index contributed by atoms with van der Waals surface area (Å²) in [4.78, 5) is 5.25. The third-order valence-corrected chi connectivity index (χ3v) is 14.3. The monoisotopic (exact) mass is 772 g/mol. The van der Waals surface area contributed by atoms with Gasteiger partial charge >= 0.3 is 0 Å². The molecule has 59 heavy (non-hydrogen) atoms. The van der Waals surface area contributed by atoms with Crippen molar-refractivity contribution in [2.75, 3.05) is 9.80 Å². The molecule has 2 aliphatic heterocycles. The molecule has 0 saturated carbocycles. The molecule has 2 heterocycles. The lowest BCUT2D eigenvalue weighted by Gasteiger charge is -2.51. The molecule has 0 saturated heterocycles. The summed E-state index contributed by atoms with van der Waals surface area (Å²) in [5, 5.41) is 0. The van der Waals surface area contributed by atoms with Gasteiger partial charge < -0.3 is 9.80 Å². The maximum Gasteiger partial charge on any atom is 0.226 e. The Balaban J connectivity index is 1.28. The summed E-state index contributed by atoms with van der Waals surface area (Å²) in [6, 6.07) is 44.4. The number of benzene rings is 5. The van der Waals surface area contributed by atoms with Crippen LogP contribution in [0, 0.1) is 11.3 Å². The summed E-state index contributed by atoms with van der Waals surface area (Å²) in [6.45, 7) is 23.8. The Labute approximate surface area is 355 Å². The summed E-state index contributed by atoms with van der Waals surface area (Å²) in [5.74, 6) is 0.670. The molecule has 0 aromatic heterocycles. The molecule has 5 aromatic carbocycles. The zero-order valence-electron chi connectivity index (χ0n) is 36.9. The summed E-state index contributed by atoms with van der Waals surface area (Å²) in [7, 11) is 0. The lowest BCUT2D eigenvalue weighted by molar-refractivity contribution is 0.382. The van der Waals surface area contributed by atoms with Crippen LogP contribution in [0.4, 0.5) is 28.4 Å². The van der Waals surface area contributed by atoms with E-state index in [-0.39, 0.29) is 40.2 Å². The van der Waals surface area contributed by atoms with E-state index in [1.807, 2.05) is 0 Å². The predicted octanol–water partition coefficient (Wildman–Crippen LogP) is 13.5. The van der Waals surface area contributed by atoms with Crippen molar-refractivity contribution in [1.82, 2.24) is 0 Å². The first-order valence-electron chi connectivity index (χ1n) is 21.9. The molecular formula is C56H61BN2. The topological polar surface area (TPSA) is 6.48 Å². The summed E-state index contributed by atoms with van der Waals surface area (Å²) in [5.41, 5.74) is 15.9. The normalized spacial score (nSPS) is 19.9. The van der Waals surface area contributed by atoms with Crippen LogP contribution in [-0.2, 0) is 16.2 Å². The number of hydrogen-bond acceptors (Lipinski definition) is 2. The van der Waals surface area contributed by atoms with Gasteiger partial charge in [0, 0.05) is 33.9 Å². The second kappa shape index (κ2) is 14.2. The molecule has 0 bridgehead atoms. The molecule has 3 unspecified atom stereocenters. The van der Waals surface area contributed by atoms with Gasteiger partial charge in [-0.15, -0.1) is 0 Å². The largest absolute Gasteiger partial charge is 0.335 e. The van der Waals surface area contributed by atoms with Crippen molar-refractivity contribution in [1.29, 1.82) is 0 Å². The maximum atomic E-state index is 2.69. The van der Waals surface area contributed by atoms with Crippen molar-refractivity contribution in [2.24, 2.45) is 11.3 Å². The van der Waals surface area contributed by atoms with Gasteiger partial charge in [0.25, 0.3) is 0 Å². The zero-order valence-corrected chi connectivity index (χ0v) is 36.9. The van der Waals surface area contributed by atoms with Crippen LogP contribution in [0.2, 0.25) is 5.82 Å². The van der Waals surface area contributed by atoms with E-state index in [2.05, 4.69) is 237 Å². The molecule has 2 aliphatic carbocycles. The Bertz CT molecular complexity index is 2520. The lowest BCUT2D eigenvalue weighted by atomic mass is 9.28. The van der Waals surface area contributed by atoms with Gasteiger partial charge in [-0.1, -0.05) is 185 Å². The first kappa shape index (κ1) is 39.2. The SMILES string of the molecule is CC(C)(C)C1=CC2C(C=C1)B1c3cc(C(C)(C)C4C=CC=CC4)ccc3N(c3ccc(C(C)(C)c4ccccc4)cc3)c3cccc(c31)N2c1cccc(C(C)(C)C)c1. The smallest absolute Gasteiger partial charge is 0.226 e. The number of anilines is 5. The number of nitrogens with zero attached hydrogens (tertiary/aromatic N) is 2. The van der Waals surface area contributed by atoms with Crippen molar-refractivity contribution in [3.8, 4) is 0 Å². The standard InChI is InChI=1S/C56H61BN2/c1-53(2,3)41-23-17-24-45(35-41)59-50-26-18-25-49-52(50)57(46-33-29-42(37-51(46)59)54(4,5)6)47-36-43(56(9,10)39-21-15-12-16-22-39)30-34-48(47)58(49)44-31-27-40(28-32-44)55(7,8)38-19-13-11-14-20-38/h11-21,23-37,39,46,51H,22H2,1-10H3. The van der Waals surface area contributed by atoms with Crippen LogP contribution < -0.4 is 20.7 Å². The van der Waals surface area contributed by atoms with E-state index < -0.39 is 0 Å². The van der Waals surface area contributed by atoms with Gasteiger partial charge in [-0.3, -0.25) is 0 Å². The molecule has 0 amide bonds. The Morgan fingerprint density at radius 1 is 0.559 bits per heavy atom. The third kappa shape index (κ3) is 6.66. The molecule has 4 aliphatic rings. The quantitative estimate of drug-likeness (QED) is 0.159. The van der Waals surface area contributed by atoms with Crippen molar-refractivity contribution in [3.05, 3.63) is 186 Å². The maximum absolute atomic E-state index is 2.69. The molecule has 3 atom stereocenters. The first-order valence-corrected chi connectivity index (χ1v) is 21.9. The summed E-state index contributed by atoms with van der Waals surface area (Å²) in [6.07, 6.45) is 17.9. The van der Waals surface area contributed by atoms with Crippen LogP contribution >= 0.6 is 0 Å². The third-order valence-electron chi connectivity index (χ3n) is 14.3. The van der Waals surface area contributed by atoms with E-state index in [1.165, 1.54) is 67.2 Å². The van der Waals surface area contributed by atoms with Crippen LogP contribution in [0.25, 0.3) is 0 Å². The Morgan fingerprint density at radius 3 is 1.93 bits per heavy atom. The highest BCUT2D eigenvalue weighted by Gasteiger charge is 2.50. The van der Waals surface area contributed by atoms with Gasteiger partial charge in [-0.25, -0.2) is 0 Å². The van der Waals surface area contributed by atoms with Gasteiger partial charge in [0.15, 0.2) is 0 Å². The summed E-state index contributed by atoms with van der Waals surface area (Å²) < 4.78 is 0.